The maximum absolute atomic E-state index is 13.6. The highest BCUT2D eigenvalue weighted by Crippen LogP contribution is 2.18. The zero-order valence-electron chi connectivity index (χ0n) is 10.2. The van der Waals surface area contributed by atoms with Gasteiger partial charge in [-0.25, -0.2) is 4.39 Å². The van der Waals surface area contributed by atoms with Gasteiger partial charge in [-0.1, -0.05) is 12.1 Å². The first-order valence-electron chi connectivity index (χ1n) is 5.67. The first-order valence-corrected chi connectivity index (χ1v) is 6.82. The summed E-state index contributed by atoms with van der Waals surface area (Å²) in [6.45, 7) is 2.57. The van der Waals surface area contributed by atoms with Crippen molar-refractivity contribution >= 4 is 17.6 Å². The molecule has 0 heterocycles. The largest absolute Gasteiger partial charge is 0.490 e. The van der Waals surface area contributed by atoms with Crippen LogP contribution in [0.5, 0.6) is 5.75 Å². The third-order valence-corrected chi connectivity index (χ3v) is 3.22. The number of oxime groups is 1. The Labute approximate surface area is 110 Å². The number of benzene rings is 1. The van der Waals surface area contributed by atoms with Gasteiger partial charge >= 0.3 is 0 Å². The van der Waals surface area contributed by atoms with Gasteiger partial charge in [0.15, 0.2) is 17.4 Å². The van der Waals surface area contributed by atoms with Crippen molar-refractivity contribution in [2.24, 2.45) is 10.9 Å². The normalized spacial score (nSPS) is 11.6. The summed E-state index contributed by atoms with van der Waals surface area (Å²) in [6.07, 6.45) is 0.875. The van der Waals surface area contributed by atoms with Gasteiger partial charge in [-0.15, -0.1) is 0 Å². The lowest BCUT2D eigenvalue weighted by atomic mass is 10.2. The summed E-state index contributed by atoms with van der Waals surface area (Å²) in [5, 5.41) is 11.3. The molecule has 0 aromatic heterocycles. The Kier molecular flexibility index (Phi) is 6.35. The molecule has 0 aliphatic rings. The molecule has 0 saturated heterocycles. The first-order chi connectivity index (χ1) is 8.69. The predicted octanol–water partition coefficient (Wildman–Crippen LogP) is 2.44. The van der Waals surface area contributed by atoms with Gasteiger partial charge in [-0.3, -0.25) is 0 Å². The Morgan fingerprint density at radius 1 is 1.56 bits per heavy atom. The van der Waals surface area contributed by atoms with E-state index in [1.54, 1.807) is 6.07 Å². The van der Waals surface area contributed by atoms with E-state index in [0.717, 1.165) is 17.9 Å². The van der Waals surface area contributed by atoms with Gasteiger partial charge in [-0.2, -0.15) is 11.8 Å². The first kappa shape index (κ1) is 14.6. The highest BCUT2D eigenvalue weighted by molar-refractivity contribution is 7.99. The lowest BCUT2D eigenvalue weighted by molar-refractivity contribution is 0.302. The molecule has 1 rings (SSSR count). The van der Waals surface area contributed by atoms with E-state index in [1.165, 1.54) is 12.1 Å². The monoisotopic (exact) mass is 272 g/mol. The molecule has 0 radical (unpaired) electrons. The number of nitrogens with zero attached hydrogens (tertiary/aromatic N) is 1. The zero-order valence-corrected chi connectivity index (χ0v) is 11.0. The fourth-order valence-corrected chi connectivity index (χ4v) is 1.93. The predicted molar refractivity (Wildman–Crippen MR) is 72.0 cm³/mol. The number of amidine groups is 1. The van der Waals surface area contributed by atoms with Crippen LogP contribution in [0, 0.1) is 5.82 Å². The van der Waals surface area contributed by atoms with Crippen molar-refractivity contribution < 1.29 is 14.3 Å². The Balaban J connectivity index is 2.52. The van der Waals surface area contributed by atoms with Crippen molar-refractivity contribution in [2.75, 3.05) is 18.1 Å². The van der Waals surface area contributed by atoms with Gasteiger partial charge in [0.2, 0.25) is 0 Å². The standard InChI is InChI=1S/C12H17FN2O2S/c1-2-18-7-3-6-17-11-5-4-9(8-10(11)13)12(14)15-16/h4-5,8,16H,2-3,6-7H2,1H3,(H2,14,15). The molecule has 0 amide bonds. The number of hydrogen-bond donors (Lipinski definition) is 2. The van der Waals surface area contributed by atoms with Gasteiger partial charge in [0.1, 0.15) is 0 Å². The summed E-state index contributed by atoms with van der Waals surface area (Å²) in [5.41, 5.74) is 5.68. The fraction of sp³-hybridized carbons (Fsp3) is 0.417. The molecular weight excluding hydrogens is 255 g/mol. The molecule has 4 nitrogen and oxygen atoms in total. The minimum atomic E-state index is -0.512. The molecule has 0 spiro atoms. The van der Waals surface area contributed by atoms with Gasteiger partial charge in [-0.05, 0) is 36.1 Å². The minimum Gasteiger partial charge on any atom is -0.490 e. The number of ether oxygens (including phenoxy) is 1. The second kappa shape index (κ2) is 7.81. The number of nitrogens with two attached hydrogens (primary N) is 1. The van der Waals surface area contributed by atoms with E-state index in [0.29, 0.717) is 12.2 Å². The van der Waals surface area contributed by atoms with Crippen LogP contribution in [-0.4, -0.2) is 29.2 Å². The highest BCUT2D eigenvalue weighted by atomic mass is 32.2. The van der Waals surface area contributed by atoms with Crippen molar-refractivity contribution in [2.45, 2.75) is 13.3 Å². The molecule has 0 bridgehead atoms. The fourth-order valence-electron chi connectivity index (χ4n) is 1.32. The number of hydrogen-bond acceptors (Lipinski definition) is 4. The summed E-state index contributed by atoms with van der Waals surface area (Å²) in [7, 11) is 0. The molecule has 18 heavy (non-hydrogen) atoms. The Bertz CT molecular complexity index is 413. The molecular formula is C12H17FN2O2S. The molecule has 1 aromatic carbocycles. The molecule has 0 fully saturated rings. The van der Waals surface area contributed by atoms with Crippen LogP contribution in [0.4, 0.5) is 4.39 Å². The van der Waals surface area contributed by atoms with Crippen LogP contribution in [0.15, 0.2) is 23.4 Å². The molecule has 0 saturated carbocycles. The Morgan fingerprint density at radius 2 is 2.33 bits per heavy atom. The van der Waals surface area contributed by atoms with E-state index in [4.69, 9.17) is 15.7 Å². The molecule has 0 aliphatic carbocycles. The van der Waals surface area contributed by atoms with E-state index in [1.807, 2.05) is 11.8 Å². The van der Waals surface area contributed by atoms with Crippen LogP contribution in [0.3, 0.4) is 0 Å². The van der Waals surface area contributed by atoms with Crippen molar-refractivity contribution in [3.8, 4) is 5.75 Å². The third-order valence-electron chi connectivity index (χ3n) is 2.23. The lowest BCUT2D eigenvalue weighted by Crippen LogP contribution is -2.13. The van der Waals surface area contributed by atoms with Crippen LogP contribution in [0.2, 0.25) is 0 Å². The minimum absolute atomic E-state index is 0.125. The zero-order chi connectivity index (χ0) is 13.4. The van der Waals surface area contributed by atoms with Crippen LogP contribution in [-0.2, 0) is 0 Å². The van der Waals surface area contributed by atoms with Crippen molar-refractivity contribution in [1.29, 1.82) is 0 Å². The van der Waals surface area contributed by atoms with Crippen molar-refractivity contribution in [1.82, 2.24) is 0 Å². The second-order valence-electron chi connectivity index (χ2n) is 3.53. The van der Waals surface area contributed by atoms with Crippen LogP contribution >= 0.6 is 11.8 Å². The van der Waals surface area contributed by atoms with E-state index < -0.39 is 5.82 Å². The highest BCUT2D eigenvalue weighted by Gasteiger charge is 2.07. The van der Waals surface area contributed by atoms with Crippen molar-refractivity contribution in [3.63, 3.8) is 0 Å². The van der Waals surface area contributed by atoms with Gasteiger partial charge in [0.05, 0.1) is 6.61 Å². The molecule has 0 unspecified atom stereocenters. The summed E-state index contributed by atoms with van der Waals surface area (Å²) >= 11 is 1.82. The van der Waals surface area contributed by atoms with E-state index in [2.05, 4.69) is 12.1 Å². The second-order valence-corrected chi connectivity index (χ2v) is 4.92. The van der Waals surface area contributed by atoms with E-state index in [9.17, 15) is 4.39 Å². The van der Waals surface area contributed by atoms with Gasteiger partial charge in [0.25, 0.3) is 0 Å². The van der Waals surface area contributed by atoms with E-state index in [-0.39, 0.29) is 11.6 Å². The van der Waals surface area contributed by atoms with Crippen molar-refractivity contribution in [3.05, 3.63) is 29.6 Å². The maximum Gasteiger partial charge on any atom is 0.170 e. The smallest absolute Gasteiger partial charge is 0.170 e. The summed E-state index contributed by atoms with van der Waals surface area (Å²) in [5.74, 6) is 1.62. The quantitative estimate of drug-likeness (QED) is 0.263. The lowest BCUT2D eigenvalue weighted by Gasteiger charge is -2.08. The SMILES string of the molecule is CCSCCCOc1ccc(/C(N)=N/O)cc1F. The molecule has 3 N–H and O–H groups in total. The topological polar surface area (TPSA) is 67.8 Å². The van der Waals surface area contributed by atoms with Crippen LogP contribution in [0.1, 0.15) is 18.9 Å². The van der Waals surface area contributed by atoms with Gasteiger partial charge in [0, 0.05) is 5.56 Å². The molecule has 0 aliphatic heterocycles. The summed E-state index contributed by atoms with van der Waals surface area (Å²) in [6, 6.07) is 4.22. The van der Waals surface area contributed by atoms with E-state index >= 15 is 0 Å². The number of thioether (sulfide) groups is 1. The molecule has 100 valence electrons. The summed E-state index contributed by atoms with van der Waals surface area (Å²) in [4.78, 5) is 0. The average molecular weight is 272 g/mol. The van der Waals surface area contributed by atoms with Crippen LogP contribution in [0.25, 0.3) is 0 Å². The average Bonchev–Trinajstić information content (AvgIpc) is 2.39. The van der Waals surface area contributed by atoms with Crippen LogP contribution < -0.4 is 10.5 Å². The maximum atomic E-state index is 13.6. The summed E-state index contributed by atoms with van der Waals surface area (Å²) < 4.78 is 18.9. The number of halogens is 1. The molecule has 6 heteroatoms. The molecule has 1 aromatic rings. The van der Waals surface area contributed by atoms with Gasteiger partial charge < -0.3 is 15.7 Å². The number of rotatable bonds is 7. The molecule has 0 atom stereocenters. The Hall–Kier alpha value is -1.43. The third kappa shape index (κ3) is 4.44. The Morgan fingerprint density at radius 3 is 2.94 bits per heavy atom.